The quantitative estimate of drug-likeness (QED) is 0.135. The first kappa shape index (κ1) is 30.4. The Kier molecular flexibility index (Phi) is 12.8. The molecule has 5 nitrogen and oxygen atoms in total. The van der Waals surface area contributed by atoms with E-state index in [-0.39, 0.29) is 6.61 Å². The second-order valence-corrected chi connectivity index (χ2v) is 12.8. The Bertz CT molecular complexity index is 969. The van der Waals surface area contributed by atoms with E-state index >= 15 is 0 Å². The number of hydrogen-bond acceptors (Lipinski definition) is 4. The first-order chi connectivity index (χ1) is 16.5. The van der Waals surface area contributed by atoms with Crippen LogP contribution in [0.5, 0.6) is 0 Å². The van der Waals surface area contributed by atoms with Crippen molar-refractivity contribution in [1.82, 2.24) is 10.6 Å². The Balaban J connectivity index is 2.18. The zero-order chi connectivity index (χ0) is 25.9. The molecule has 0 saturated heterocycles. The van der Waals surface area contributed by atoms with Crippen LogP contribution in [-0.4, -0.2) is 43.8 Å². The highest BCUT2D eigenvalue weighted by atomic mass is 35.6. The lowest BCUT2D eigenvalue weighted by molar-refractivity contribution is -0.123. The van der Waals surface area contributed by atoms with Gasteiger partial charge in [-0.25, -0.2) is 0 Å². The van der Waals surface area contributed by atoms with Crippen LogP contribution in [0.2, 0.25) is 0 Å². The van der Waals surface area contributed by atoms with Crippen molar-refractivity contribution >= 4 is 93.2 Å². The van der Waals surface area contributed by atoms with Crippen molar-refractivity contribution in [1.29, 1.82) is 0 Å². The fraction of sp³-hybridized carbons (Fsp3) is 0.304. The molecule has 0 fully saturated rings. The number of thioether (sulfide) groups is 1. The Morgan fingerprint density at radius 3 is 1.97 bits per heavy atom. The monoisotopic (exact) mass is 616 g/mol. The number of benzene rings is 2. The molecule has 0 heterocycles. The molecule has 0 unspecified atom stereocenters. The summed E-state index contributed by atoms with van der Waals surface area (Å²) in [6.07, 6.45) is 3.32. The molecule has 2 aromatic rings. The van der Waals surface area contributed by atoms with E-state index in [0.29, 0.717) is 12.4 Å². The van der Waals surface area contributed by atoms with Gasteiger partial charge in [-0.15, -0.1) is 11.8 Å². The summed E-state index contributed by atoms with van der Waals surface area (Å²) < 4.78 is 1.23. The zero-order valence-corrected chi connectivity index (χ0v) is 23.5. The Hall–Kier alpha value is -0.830. The van der Waals surface area contributed by atoms with Crippen molar-refractivity contribution in [2.24, 2.45) is 0 Å². The van der Waals surface area contributed by atoms with Crippen molar-refractivity contribution in [3.63, 3.8) is 0 Å². The van der Waals surface area contributed by atoms with Crippen LogP contribution in [-0.2, 0) is 20.9 Å². The first-order valence-corrected chi connectivity index (χ1v) is 13.4. The summed E-state index contributed by atoms with van der Waals surface area (Å²) >= 11 is 35.9. The standard InChI is InChI=1S/C23H22Cl6N2O3S/c24-22(25,26)20(32)30-18(12-7-13-34-14-16-8-3-1-4-9-16)19(31-21(33)23(27,28)29)15-35-17-10-5-2-6-11-17/h1-12,18-19H,13-15H2,(H,30,32)(H,31,33)/b12-7+/t18-,19-/m1/s1. The lowest BCUT2D eigenvalue weighted by atomic mass is 10.1. The maximum absolute atomic E-state index is 12.5. The van der Waals surface area contributed by atoms with Crippen molar-refractivity contribution in [3.05, 3.63) is 78.4 Å². The Morgan fingerprint density at radius 2 is 1.40 bits per heavy atom. The van der Waals surface area contributed by atoms with E-state index in [0.717, 1.165) is 10.5 Å². The molecule has 2 aromatic carbocycles. The second-order valence-electron chi connectivity index (χ2n) is 7.13. The zero-order valence-electron chi connectivity index (χ0n) is 18.1. The van der Waals surface area contributed by atoms with Crippen molar-refractivity contribution in [3.8, 4) is 0 Å². The van der Waals surface area contributed by atoms with Gasteiger partial charge in [0.25, 0.3) is 19.4 Å². The number of halogens is 6. The van der Waals surface area contributed by atoms with Gasteiger partial charge in [-0.2, -0.15) is 0 Å². The van der Waals surface area contributed by atoms with Crippen molar-refractivity contribution < 1.29 is 14.3 Å². The lowest BCUT2D eigenvalue weighted by Crippen LogP contribution is -2.55. The molecule has 35 heavy (non-hydrogen) atoms. The number of carbonyl (C=O) groups excluding carboxylic acids is 2. The molecule has 2 N–H and O–H groups in total. The molecule has 2 atom stereocenters. The highest BCUT2D eigenvalue weighted by Crippen LogP contribution is 2.28. The predicted octanol–water partition coefficient (Wildman–Crippen LogP) is 6.26. The normalized spacial score (nSPS) is 13.9. The molecule has 12 heteroatoms. The molecule has 190 valence electrons. The van der Waals surface area contributed by atoms with Gasteiger partial charge < -0.3 is 15.4 Å². The molecule has 2 amide bonds. The van der Waals surface area contributed by atoms with Gasteiger partial charge in [0, 0.05) is 10.6 Å². The van der Waals surface area contributed by atoms with Gasteiger partial charge in [0.15, 0.2) is 0 Å². The van der Waals surface area contributed by atoms with E-state index in [9.17, 15) is 9.59 Å². The summed E-state index contributed by atoms with van der Waals surface area (Å²) in [4.78, 5) is 25.8. The summed E-state index contributed by atoms with van der Waals surface area (Å²) in [7, 11) is 0. The van der Waals surface area contributed by atoms with Gasteiger partial charge in [0.1, 0.15) is 0 Å². The largest absolute Gasteiger partial charge is 0.373 e. The third-order valence-corrected chi connectivity index (χ3v) is 6.57. The van der Waals surface area contributed by atoms with Crippen LogP contribution in [0, 0.1) is 0 Å². The van der Waals surface area contributed by atoms with Crippen LogP contribution in [0.25, 0.3) is 0 Å². The maximum atomic E-state index is 12.5. The SMILES string of the molecule is O=C(N[C@H](/C=C/COCc1ccccc1)[C@@H](CSc1ccccc1)NC(=O)C(Cl)(Cl)Cl)C(Cl)(Cl)Cl. The molecule has 0 aliphatic carbocycles. The summed E-state index contributed by atoms with van der Waals surface area (Å²) in [5, 5.41) is 5.28. The first-order valence-electron chi connectivity index (χ1n) is 10.2. The van der Waals surface area contributed by atoms with Crippen molar-refractivity contribution in [2.75, 3.05) is 12.4 Å². The van der Waals surface area contributed by atoms with Crippen LogP contribution in [0.1, 0.15) is 5.56 Å². The minimum Gasteiger partial charge on any atom is -0.373 e. The van der Waals surface area contributed by atoms with Gasteiger partial charge >= 0.3 is 0 Å². The van der Waals surface area contributed by atoms with E-state index in [1.807, 2.05) is 60.7 Å². The number of carbonyl (C=O) groups is 2. The summed E-state index contributed by atoms with van der Waals surface area (Å²) in [5.41, 5.74) is 1.01. The number of nitrogens with one attached hydrogen (secondary N) is 2. The Labute approximate surface area is 238 Å². The molecule has 0 saturated carbocycles. The number of hydrogen-bond donors (Lipinski definition) is 2. The topological polar surface area (TPSA) is 67.4 Å². The van der Waals surface area contributed by atoms with E-state index in [4.69, 9.17) is 74.3 Å². The van der Waals surface area contributed by atoms with Gasteiger partial charge in [0.05, 0.1) is 25.3 Å². The third-order valence-electron chi connectivity index (χ3n) is 4.40. The lowest BCUT2D eigenvalue weighted by Gasteiger charge is -2.29. The van der Waals surface area contributed by atoms with E-state index in [2.05, 4.69) is 10.6 Å². The van der Waals surface area contributed by atoms with E-state index < -0.39 is 31.5 Å². The number of ether oxygens (including phenoxy) is 1. The Morgan fingerprint density at radius 1 is 0.857 bits per heavy atom. The molecular formula is C23H22Cl6N2O3S. The summed E-state index contributed by atoms with van der Waals surface area (Å²) in [6, 6.07) is 17.5. The van der Waals surface area contributed by atoms with Crippen LogP contribution < -0.4 is 10.6 Å². The molecule has 0 spiro atoms. The fourth-order valence-corrected chi connectivity index (χ4v) is 4.06. The van der Waals surface area contributed by atoms with Crippen molar-refractivity contribution in [2.45, 2.75) is 31.2 Å². The van der Waals surface area contributed by atoms with E-state index in [1.54, 1.807) is 12.2 Å². The average molecular weight is 619 g/mol. The predicted molar refractivity (Wildman–Crippen MR) is 147 cm³/mol. The maximum Gasteiger partial charge on any atom is 0.272 e. The molecular weight excluding hydrogens is 597 g/mol. The van der Waals surface area contributed by atoms with Gasteiger partial charge in [-0.1, -0.05) is 130 Å². The highest BCUT2D eigenvalue weighted by Gasteiger charge is 2.37. The molecule has 2 rings (SSSR count). The molecule has 0 aromatic heterocycles. The van der Waals surface area contributed by atoms with Crippen LogP contribution in [0.4, 0.5) is 0 Å². The number of alkyl halides is 6. The molecule has 0 aliphatic rings. The average Bonchev–Trinajstić information content (AvgIpc) is 2.80. The minimum atomic E-state index is -2.22. The number of rotatable bonds is 11. The molecule has 0 bridgehead atoms. The minimum absolute atomic E-state index is 0.228. The second kappa shape index (κ2) is 14.8. The van der Waals surface area contributed by atoms with Gasteiger partial charge in [0.2, 0.25) is 0 Å². The van der Waals surface area contributed by atoms with Crippen LogP contribution in [0.3, 0.4) is 0 Å². The van der Waals surface area contributed by atoms with Gasteiger partial charge in [-0.05, 0) is 17.7 Å². The van der Waals surface area contributed by atoms with E-state index in [1.165, 1.54) is 11.8 Å². The highest BCUT2D eigenvalue weighted by molar-refractivity contribution is 7.99. The smallest absolute Gasteiger partial charge is 0.272 e. The summed E-state index contributed by atoms with van der Waals surface area (Å²) in [5.74, 6) is -1.43. The van der Waals surface area contributed by atoms with Crippen LogP contribution >= 0.6 is 81.4 Å². The molecule has 0 aliphatic heterocycles. The summed E-state index contributed by atoms with van der Waals surface area (Å²) in [6.45, 7) is 0.625. The van der Waals surface area contributed by atoms with Crippen LogP contribution in [0.15, 0.2) is 77.7 Å². The van der Waals surface area contributed by atoms with Gasteiger partial charge in [-0.3, -0.25) is 9.59 Å². The molecule has 0 radical (unpaired) electrons. The number of amides is 2. The fourth-order valence-electron chi connectivity index (χ4n) is 2.73. The third kappa shape index (κ3) is 11.8.